The maximum atomic E-state index is 13.9. The van der Waals surface area contributed by atoms with Crippen molar-refractivity contribution in [1.29, 1.82) is 0 Å². The van der Waals surface area contributed by atoms with Gasteiger partial charge in [0.1, 0.15) is 16.5 Å². The van der Waals surface area contributed by atoms with Crippen LogP contribution in [0.5, 0.6) is 0 Å². The summed E-state index contributed by atoms with van der Waals surface area (Å²) in [6, 6.07) is 9.91. The van der Waals surface area contributed by atoms with Gasteiger partial charge < -0.3 is 0 Å². The van der Waals surface area contributed by atoms with Crippen LogP contribution in [0.2, 0.25) is 0 Å². The van der Waals surface area contributed by atoms with Gasteiger partial charge in [-0.25, -0.2) is 21.9 Å². The van der Waals surface area contributed by atoms with Gasteiger partial charge in [0.2, 0.25) is 10.0 Å². The van der Waals surface area contributed by atoms with Gasteiger partial charge in [-0.15, -0.1) is 0 Å². The number of benzene rings is 1. The number of hydrogen-bond acceptors (Lipinski definition) is 4. The highest BCUT2D eigenvalue weighted by Crippen LogP contribution is 2.33. The Morgan fingerprint density at radius 3 is 2.62 bits per heavy atom. The molecule has 0 atom stereocenters. The van der Waals surface area contributed by atoms with Crippen LogP contribution in [-0.2, 0) is 16.6 Å². The van der Waals surface area contributed by atoms with E-state index in [4.69, 9.17) is 0 Å². The average Bonchev–Trinajstić information content (AvgIpc) is 3.38. The van der Waals surface area contributed by atoms with Crippen LogP contribution in [0.3, 0.4) is 0 Å². The Morgan fingerprint density at radius 1 is 1.10 bits per heavy atom. The van der Waals surface area contributed by atoms with Crippen molar-refractivity contribution in [1.82, 2.24) is 19.5 Å². The van der Waals surface area contributed by atoms with E-state index in [1.165, 1.54) is 0 Å². The van der Waals surface area contributed by atoms with Crippen LogP contribution >= 0.6 is 0 Å². The second-order valence-electron chi connectivity index (χ2n) is 7.02. The smallest absolute Gasteiger partial charge is 0.243 e. The van der Waals surface area contributed by atoms with Gasteiger partial charge in [0.15, 0.2) is 0 Å². The van der Waals surface area contributed by atoms with E-state index in [1.54, 1.807) is 12.3 Å². The summed E-state index contributed by atoms with van der Waals surface area (Å²) >= 11 is 0. The van der Waals surface area contributed by atoms with E-state index in [-0.39, 0.29) is 12.6 Å². The molecule has 1 N–H and O–H groups in total. The molecule has 0 saturated heterocycles. The molecule has 2 heterocycles. The molecule has 1 aliphatic rings. The summed E-state index contributed by atoms with van der Waals surface area (Å²) in [5.74, 6) is -1.83. The Balaban J connectivity index is 1.61. The molecule has 1 fully saturated rings. The Bertz CT molecular complexity index is 1110. The van der Waals surface area contributed by atoms with Gasteiger partial charge in [0.25, 0.3) is 0 Å². The summed E-state index contributed by atoms with van der Waals surface area (Å²) in [6.07, 6.45) is 5.93. The fourth-order valence-corrected chi connectivity index (χ4v) is 4.68. The third-order valence-corrected chi connectivity index (χ3v) is 6.43. The number of rotatable bonds is 6. The van der Waals surface area contributed by atoms with Crippen molar-refractivity contribution in [3.8, 4) is 11.4 Å². The number of sulfonamides is 1. The highest BCUT2D eigenvalue weighted by atomic mass is 32.2. The molecule has 0 spiro atoms. The van der Waals surface area contributed by atoms with Gasteiger partial charge in [-0.05, 0) is 49.2 Å². The highest BCUT2D eigenvalue weighted by molar-refractivity contribution is 7.89. The van der Waals surface area contributed by atoms with Crippen LogP contribution in [0.1, 0.15) is 37.4 Å². The van der Waals surface area contributed by atoms with Crippen molar-refractivity contribution in [2.45, 2.75) is 43.2 Å². The molecule has 0 aliphatic heterocycles. The molecule has 0 amide bonds. The van der Waals surface area contributed by atoms with Crippen LogP contribution < -0.4 is 4.72 Å². The van der Waals surface area contributed by atoms with Crippen molar-refractivity contribution < 1.29 is 17.2 Å². The maximum absolute atomic E-state index is 13.9. The second-order valence-corrected chi connectivity index (χ2v) is 8.75. The van der Waals surface area contributed by atoms with Crippen LogP contribution in [-0.4, -0.2) is 23.2 Å². The van der Waals surface area contributed by atoms with Gasteiger partial charge in [0, 0.05) is 6.20 Å². The van der Waals surface area contributed by atoms with Crippen molar-refractivity contribution in [2.24, 2.45) is 0 Å². The van der Waals surface area contributed by atoms with Gasteiger partial charge >= 0.3 is 0 Å². The van der Waals surface area contributed by atoms with Crippen molar-refractivity contribution in [3.05, 3.63) is 66.0 Å². The number of hydrogen-bond donors (Lipinski definition) is 1. The minimum atomic E-state index is -4.23. The zero-order valence-corrected chi connectivity index (χ0v) is 16.4. The monoisotopic (exact) mass is 418 g/mol. The lowest BCUT2D eigenvalue weighted by molar-refractivity contribution is 0.466. The highest BCUT2D eigenvalue weighted by Gasteiger charge is 2.24. The van der Waals surface area contributed by atoms with Crippen LogP contribution in [0.25, 0.3) is 11.4 Å². The van der Waals surface area contributed by atoms with E-state index in [0.29, 0.717) is 11.8 Å². The van der Waals surface area contributed by atoms with Crippen molar-refractivity contribution in [2.75, 3.05) is 0 Å². The van der Waals surface area contributed by atoms with Crippen LogP contribution in [0.4, 0.5) is 8.78 Å². The predicted octanol–water partition coefficient (Wildman–Crippen LogP) is 3.82. The second kappa shape index (κ2) is 8.00. The molecular formula is C20H20F2N4O2S. The third-order valence-electron chi connectivity index (χ3n) is 5.01. The molecule has 3 aromatic rings. The van der Waals surface area contributed by atoms with Gasteiger partial charge in [-0.3, -0.25) is 9.67 Å². The van der Waals surface area contributed by atoms with E-state index in [2.05, 4.69) is 14.8 Å². The molecule has 0 radical (unpaired) electrons. The summed E-state index contributed by atoms with van der Waals surface area (Å²) in [7, 11) is -4.23. The Hall–Kier alpha value is -2.65. The van der Waals surface area contributed by atoms with E-state index in [0.717, 1.165) is 49.2 Å². The fraction of sp³-hybridized carbons (Fsp3) is 0.300. The number of halogens is 2. The summed E-state index contributed by atoms with van der Waals surface area (Å²) < 4.78 is 56.3. The van der Waals surface area contributed by atoms with Gasteiger partial charge in [-0.2, -0.15) is 5.10 Å². The predicted molar refractivity (Wildman–Crippen MR) is 103 cm³/mol. The number of aromatic nitrogens is 3. The standard InChI is InChI=1S/C20H20F2N4O2S/c21-14-8-9-17(22)20(11-14)29(27,28)24-13-15-12-19(18-7-3-4-10-23-18)26(25-15)16-5-1-2-6-16/h3-4,7-12,16,24H,1-2,5-6,13H2. The van der Waals surface area contributed by atoms with E-state index in [1.807, 2.05) is 22.9 Å². The molecule has 0 unspecified atom stereocenters. The van der Waals surface area contributed by atoms with E-state index < -0.39 is 26.6 Å². The summed E-state index contributed by atoms with van der Waals surface area (Å²) in [5.41, 5.74) is 2.04. The molecule has 29 heavy (non-hydrogen) atoms. The minimum absolute atomic E-state index is 0.141. The minimum Gasteiger partial charge on any atom is -0.260 e. The SMILES string of the molecule is O=S(=O)(NCc1cc(-c2ccccn2)n(C2CCCC2)n1)c1cc(F)ccc1F. The maximum Gasteiger partial charge on any atom is 0.243 e. The van der Waals surface area contributed by atoms with E-state index >= 15 is 0 Å². The lowest BCUT2D eigenvalue weighted by Gasteiger charge is -2.13. The van der Waals surface area contributed by atoms with Crippen molar-refractivity contribution in [3.63, 3.8) is 0 Å². The molecule has 1 aliphatic carbocycles. The summed E-state index contributed by atoms with van der Waals surface area (Å²) in [5, 5.41) is 4.59. The first-order valence-corrected chi connectivity index (χ1v) is 10.9. The largest absolute Gasteiger partial charge is 0.260 e. The number of nitrogens with one attached hydrogen (secondary N) is 1. The zero-order valence-electron chi connectivity index (χ0n) is 15.6. The van der Waals surface area contributed by atoms with Crippen molar-refractivity contribution >= 4 is 10.0 Å². The number of nitrogens with zero attached hydrogens (tertiary/aromatic N) is 3. The Morgan fingerprint density at radius 2 is 1.90 bits per heavy atom. The molecule has 9 heteroatoms. The summed E-state index contributed by atoms with van der Waals surface area (Å²) in [4.78, 5) is 3.66. The average molecular weight is 418 g/mol. The zero-order chi connectivity index (χ0) is 20.4. The Labute approximate surface area is 167 Å². The quantitative estimate of drug-likeness (QED) is 0.660. The molecular weight excluding hydrogens is 398 g/mol. The third kappa shape index (κ3) is 4.20. The molecule has 1 saturated carbocycles. The Kier molecular flexibility index (Phi) is 5.42. The molecule has 6 nitrogen and oxygen atoms in total. The van der Waals surface area contributed by atoms with E-state index in [9.17, 15) is 17.2 Å². The van der Waals surface area contributed by atoms with Gasteiger partial charge in [0.05, 0.1) is 29.7 Å². The number of pyridine rings is 1. The first-order valence-electron chi connectivity index (χ1n) is 9.38. The fourth-order valence-electron chi connectivity index (χ4n) is 3.59. The lowest BCUT2D eigenvalue weighted by atomic mass is 10.2. The topological polar surface area (TPSA) is 76.9 Å². The summed E-state index contributed by atoms with van der Waals surface area (Å²) in [6.45, 7) is -0.141. The molecule has 152 valence electrons. The molecule has 2 aromatic heterocycles. The first-order chi connectivity index (χ1) is 13.9. The normalized spacial score (nSPS) is 15.1. The van der Waals surface area contributed by atoms with Crippen LogP contribution in [0, 0.1) is 11.6 Å². The first kappa shape index (κ1) is 19.7. The van der Waals surface area contributed by atoms with Crippen LogP contribution in [0.15, 0.2) is 53.6 Å². The lowest BCUT2D eigenvalue weighted by Crippen LogP contribution is -2.24. The molecule has 0 bridgehead atoms. The molecule has 1 aromatic carbocycles. The van der Waals surface area contributed by atoms with Gasteiger partial charge in [-0.1, -0.05) is 18.9 Å². The molecule has 4 rings (SSSR count).